The molecule has 1 aliphatic carbocycles. The number of rotatable bonds is 4. The first-order chi connectivity index (χ1) is 9.94. The molecule has 3 rings (SSSR count). The fourth-order valence-electron chi connectivity index (χ4n) is 3.22. The normalized spacial score (nSPS) is 26.1. The first-order valence-electron chi connectivity index (χ1n) is 7.57. The number of nitrogens with one attached hydrogen (secondary N) is 1. The maximum atomic E-state index is 12.8. The lowest BCUT2D eigenvalue weighted by Crippen LogP contribution is -2.66. The van der Waals surface area contributed by atoms with Crippen LogP contribution in [0, 0.1) is 12.8 Å². The molecule has 1 aromatic rings. The van der Waals surface area contributed by atoms with Gasteiger partial charge in [0.25, 0.3) is 0 Å². The number of amides is 2. The molecule has 1 unspecified atom stereocenters. The summed E-state index contributed by atoms with van der Waals surface area (Å²) in [4.78, 5) is 26.4. The van der Waals surface area contributed by atoms with Gasteiger partial charge in [-0.05, 0) is 45.6 Å². The summed E-state index contributed by atoms with van der Waals surface area (Å²) in [6.07, 6.45) is 2.03. The number of aryl methyl sites for hydroxylation is 2. The lowest BCUT2D eigenvalue weighted by molar-refractivity contribution is -0.150. The van der Waals surface area contributed by atoms with Crippen LogP contribution >= 0.6 is 0 Å². The van der Waals surface area contributed by atoms with Crippen LogP contribution in [0.3, 0.4) is 0 Å². The van der Waals surface area contributed by atoms with Crippen molar-refractivity contribution in [2.45, 2.75) is 52.2 Å². The van der Waals surface area contributed by atoms with Gasteiger partial charge >= 0.3 is 0 Å². The molecule has 2 amide bonds. The molecule has 1 aromatic heterocycles. The quantitative estimate of drug-likeness (QED) is 0.893. The van der Waals surface area contributed by atoms with Gasteiger partial charge in [0.1, 0.15) is 12.1 Å². The molecule has 1 atom stereocenters. The van der Waals surface area contributed by atoms with Gasteiger partial charge in [-0.3, -0.25) is 14.3 Å². The molecule has 0 radical (unpaired) electrons. The predicted molar refractivity (Wildman–Crippen MR) is 77.3 cm³/mol. The van der Waals surface area contributed by atoms with Crippen LogP contribution in [0.4, 0.5) is 0 Å². The molecule has 2 heterocycles. The van der Waals surface area contributed by atoms with E-state index < -0.39 is 5.54 Å². The summed E-state index contributed by atoms with van der Waals surface area (Å²) < 4.78 is 1.89. The third-order valence-corrected chi connectivity index (χ3v) is 4.50. The van der Waals surface area contributed by atoms with Crippen molar-refractivity contribution in [3.05, 3.63) is 17.5 Å². The topological polar surface area (TPSA) is 67.2 Å². The van der Waals surface area contributed by atoms with Crippen molar-refractivity contribution in [3.8, 4) is 0 Å². The van der Waals surface area contributed by atoms with Gasteiger partial charge in [-0.25, -0.2) is 0 Å². The Bertz CT molecular complexity index is 590. The van der Waals surface area contributed by atoms with Crippen molar-refractivity contribution in [3.63, 3.8) is 0 Å². The number of piperazine rings is 1. The van der Waals surface area contributed by atoms with Crippen LogP contribution in [0.1, 0.15) is 38.1 Å². The molecule has 1 N–H and O–H groups in total. The van der Waals surface area contributed by atoms with Crippen molar-refractivity contribution in [2.75, 3.05) is 6.54 Å². The zero-order valence-electron chi connectivity index (χ0n) is 12.8. The second kappa shape index (κ2) is 4.86. The third kappa shape index (κ3) is 2.43. The van der Waals surface area contributed by atoms with Crippen LogP contribution < -0.4 is 5.32 Å². The number of aromatic nitrogens is 2. The Kier molecular flexibility index (Phi) is 3.26. The van der Waals surface area contributed by atoms with Gasteiger partial charge in [0.15, 0.2) is 0 Å². The maximum absolute atomic E-state index is 12.8. The maximum Gasteiger partial charge on any atom is 0.249 e. The van der Waals surface area contributed by atoms with E-state index in [4.69, 9.17) is 0 Å². The van der Waals surface area contributed by atoms with Crippen molar-refractivity contribution in [2.24, 2.45) is 5.92 Å². The Morgan fingerprint density at radius 2 is 2.14 bits per heavy atom. The first-order valence-corrected chi connectivity index (χ1v) is 7.57. The van der Waals surface area contributed by atoms with Crippen molar-refractivity contribution in [1.82, 2.24) is 20.0 Å². The third-order valence-electron chi connectivity index (χ3n) is 4.50. The van der Waals surface area contributed by atoms with E-state index in [1.54, 1.807) is 4.90 Å². The average molecular weight is 290 g/mol. The Labute approximate surface area is 124 Å². The molecule has 114 valence electrons. The molecule has 2 aliphatic rings. The highest BCUT2D eigenvalue weighted by Crippen LogP contribution is 2.41. The molecule has 6 heteroatoms. The first kappa shape index (κ1) is 14.1. The number of hydrogen-bond donors (Lipinski definition) is 1. The number of hydrogen-bond acceptors (Lipinski definition) is 3. The molecule has 21 heavy (non-hydrogen) atoms. The summed E-state index contributed by atoms with van der Waals surface area (Å²) in [5, 5.41) is 7.30. The molecule has 0 bridgehead atoms. The van der Waals surface area contributed by atoms with E-state index in [0.717, 1.165) is 30.8 Å². The molecular formula is C15H22N4O2. The highest BCUT2D eigenvalue weighted by molar-refractivity contribution is 5.98. The van der Waals surface area contributed by atoms with Crippen molar-refractivity contribution >= 4 is 11.8 Å². The molecule has 1 saturated heterocycles. The molecule has 6 nitrogen and oxygen atoms in total. The lowest BCUT2D eigenvalue weighted by atomic mass is 9.91. The fraction of sp³-hybridized carbons (Fsp3) is 0.667. The van der Waals surface area contributed by atoms with Gasteiger partial charge in [0.2, 0.25) is 11.8 Å². The highest BCUT2D eigenvalue weighted by Gasteiger charge is 2.52. The minimum atomic E-state index is -0.721. The largest absolute Gasteiger partial charge is 0.340 e. The van der Waals surface area contributed by atoms with E-state index in [2.05, 4.69) is 10.4 Å². The van der Waals surface area contributed by atoms with Crippen molar-refractivity contribution in [1.29, 1.82) is 0 Å². The van der Waals surface area contributed by atoms with E-state index in [0.29, 0.717) is 6.54 Å². The lowest BCUT2D eigenvalue weighted by Gasteiger charge is -2.40. The van der Waals surface area contributed by atoms with E-state index in [1.165, 1.54) is 0 Å². The van der Waals surface area contributed by atoms with Gasteiger partial charge < -0.3 is 10.2 Å². The molecule has 0 aromatic carbocycles. The molecule has 1 aliphatic heterocycles. The summed E-state index contributed by atoms with van der Waals surface area (Å²) in [7, 11) is 0. The summed E-state index contributed by atoms with van der Waals surface area (Å²) in [6.45, 7) is 7.17. The van der Waals surface area contributed by atoms with Crippen LogP contribution in [0.15, 0.2) is 6.07 Å². The van der Waals surface area contributed by atoms with Crippen LogP contribution in [0.25, 0.3) is 0 Å². The van der Waals surface area contributed by atoms with E-state index in [-0.39, 0.29) is 24.3 Å². The standard InChI is InChI=1S/C15H22N4O2/c1-4-19-12(7-10(2)17-19)8-18-9-13(20)16-15(3,14(18)21)11-5-6-11/h7,11H,4-6,8-9H2,1-3H3,(H,16,20). The summed E-state index contributed by atoms with van der Waals surface area (Å²) in [5.41, 5.74) is 1.20. The summed E-state index contributed by atoms with van der Waals surface area (Å²) in [6, 6.07) is 1.98. The number of nitrogens with zero attached hydrogens (tertiary/aromatic N) is 3. The minimum absolute atomic E-state index is 0.0334. The molecular weight excluding hydrogens is 268 g/mol. The predicted octanol–water partition coefficient (Wildman–Crippen LogP) is 0.839. The smallest absolute Gasteiger partial charge is 0.249 e. The monoisotopic (exact) mass is 290 g/mol. The molecule has 2 fully saturated rings. The molecule has 0 spiro atoms. The summed E-state index contributed by atoms with van der Waals surface area (Å²) >= 11 is 0. The van der Waals surface area contributed by atoms with E-state index >= 15 is 0 Å². The Hall–Kier alpha value is -1.85. The van der Waals surface area contributed by atoms with Crippen LogP contribution in [-0.4, -0.2) is 38.6 Å². The van der Waals surface area contributed by atoms with Crippen LogP contribution in [0.5, 0.6) is 0 Å². The van der Waals surface area contributed by atoms with Gasteiger partial charge in [0.05, 0.1) is 17.9 Å². The summed E-state index contributed by atoms with van der Waals surface area (Å²) in [5.74, 6) is 0.254. The number of carbonyl (C=O) groups is 2. The Balaban J connectivity index is 1.83. The highest BCUT2D eigenvalue weighted by atomic mass is 16.2. The van der Waals surface area contributed by atoms with Crippen LogP contribution in [-0.2, 0) is 22.7 Å². The SMILES string of the molecule is CCn1nc(C)cc1CN1CC(=O)NC(C)(C2CC2)C1=O. The van der Waals surface area contributed by atoms with Gasteiger partial charge in [0, 0.05) is 6.54 Å². The van der Waals surface area contributed by atoms with Crippen molar-refractivity contribution < 1.29 is 9.59 Å². The Morgan fingerprint density at radius 1 is 1.43 bits per heavy atom. The van der Waals surface area contributed by atoms with Gasteiger partial charge in [-0.15, -0.1) is 0 Å². The zero-order valence-corrected chi connectivity index (χ0v) is 12.8. The van der Waals surface area contributed by atoms with Gasteiger partial charge in [-0.2, -0.15) is 5.10 Å². The molecule has 1 saturated carbocycles. The fourth-order valence-corrected chi connectivity index (χ4v) is 3.22. The minimum Gasteiger partial charge on any atom is -0.340 e. The Morgan fingerprint density at radius 3 is 2.76 bits per heavy atom. The second-order valence-corrected chi connectivity index (χ2v) is 6.28. The number of carbonyl (C=O) groups excluding carboxylic acids is 2. The zero-order chi connectivity index (χ0) is 15.2. The van der Waals surface area contributed by atoms with E-state index in [9.17, 15) is 9.59 Å². The van der Waals surface area contributed by atoms with Crippen LogP contribution in [0.2, 0.25) is 0 Å². The van der Waals surface area contributed by atoms with Gasteiger partial charge in [-0.1, -0.05) is 0 Å². The average Bonchev–Trinajstić information content (AvgIpc) is 3.21. The van der Waals surface area contributed by atoms with E-state index in [1.807, 2.05) is 31.5 Å². The second-order valence-electron chi connectivity index (χ2n) is 6.28.